The third-order valence-electron chi connectivity index (χ3n) is 4.42. The van der Waals surface area contributed by atoms with E-state index in [1.807, 2.05) is 24.3 Å². The predicted octanol–water partition coefficient (Wildman–Crippen LogP) is 4.51. The highest BCUT2D eigenvalue weighted by molar-refractivity contribution is 6.66. The van der Waals surface area contributed by atoms with Gasteiger partial charge in [-0.2, -0.15) is 0 Å². The monoisotopic (exact) mass is 373 g/mol. The molecule has 26 heavy (non-hydrogen) atoms. The Morgan fingerprint density at radius 1 is 1.08 bits per heavy atom. The number of aliphatic hydroxyl groups is 1. The van der Waals surface area contributed by atoms with Gasteiger partial charge in [-0.05, 0) is 28.5 Å². The van der Waals surface area contributed by atoms with E-state index in [0.717, 1.165) is 11.1 Å². The molecule has 0 fully saturated rings. The van der Waals surface area contributed by atoms with E-state index in [9.17, 15) is 4.79 Å². The van der Waals surface area contributed by atoms with E-state index in [-0.39, 0.29) is 22.3 Å². The molecule has 1 unspecified atom stereocenters. The van der Waals surface area contributed by atoms with E-state index in [1.54, 1.807) is 12.1 Å². The average Bonchev–Trinajstić information content (AvgIpc) is 2.64. The number of nitrogens with zero attached hydrogens (tertiary/aromatic N) is 1. The second-order valence-corrected chi connectivity index (χ2v) is 7.72. The van der Waals surface area contributed by atoms with Crippen LogP contribution in [0.1, 0.15) is 53.7 Å². The quantitative estimate of drug-likeness (QED) is 0.338. The molecule has 5 heteroatoms. The molecular weight excluding hydrogens is 350 g/mol. The molecule has 0 bridgehead atoms. The second-order valence-electron chi connectivity index (χ2n) is 7.33. The van der Waals surface area contributed by atoms with Crippen molar-refractivity contribution in [3.63, 3.8) is 0 Å². The number of halogens is 1. The van der Waals surface area contributed by atoms with E-state index in [0.29, 0.717) is 12.0 Å². The first-order valence-electron chi connectivity index (χ1n) is 8.47. The number of hydrogen-bond donors (Lipinski definition) is 2. The van der Waals surface area contributed by atoms with Crippen molar-refractivity contribution in [2.45, 2.75) is 38.5 Å². The molecule has 0 amide bonds. The van der Waals surface area contributed by atoms with Crippen LogP contribution in [0.3, 0.4) is 0 Å². The molecule has 0 aliphatic carbocycles. The molecule has 4 nitrogen and oxygen atoms in total. The summed E-state index contributed by atoms with van der Waals surface area (Å²) < 4.78 is 0. The minimum Gasteiger partial charge on any atom is -0.410 e. The molecule has 0 aromatic heterocycles. The van der Waals surface area contributed by atoms with Crippen LogP contribution in [0.25, 0.3) is 0 Å². The van der Waals surface area contributed by atoms with Crippen LogP contribution in [0.2, 0.25) is 0 Å². The van der Waals surface area contributed by atoms with Gasteiger partial charge >= 0.3 is 0 Å². The molecule has 2 aromatic rings. The summed E-state index contributed by atoms with van der Waals surface area (Å²) in [5.74, 6) is -0.601. The first kappa shape index (κ1) is 20.1. The smallest absolute Gasteiger partial charge is 0.188 e. The summed E-state index contributed by atoms with van der Waals surface area (Å²) in [5.41, 5.74) is 3.63. The Hall–Kier alpha value is -2.17. The Labute approximate surface area is 159 Å². The molecule has 0 aliphatic rings. The van der Waals surface area contributed by atoms with E-state index < -0.39 is 6.61 Å². The number of Topliss-reactive ketones (excluding diaryl/α,β-unsaturated/α-hetero) is 1. The SMILES string of the molecule is CC(C)(C)c1ccc(C(Cc2ccc(C(=O)CO)cc2)/C(Cl)=N/O)cc1. The molecule has 2 N–H and O–H groups in total. The summed E-state index contributed by atoms with van der Waals surface area (Å²) in [6.45, 7) is 5.94. The molecule has 138 valence electrons. The first-order chi connectivity index (χ1) is 12.3. The number of benzene rings is 2. The van der Waals surface area contributed by atoms with Gasteiger partial charge in [-0.1, -0.05) is 86.1 Å². The number of carbonyl (C=O) groups excluding carboxylic acids is 1. The molecule has 0 saturated carbocycles. The number of ketones is 1. The molecule has 0 heterocycles. The van der Waals surface area contributed by atoms with Crippen LogP contribution in [0, 0.1) is 0 Å². The Morgan fingerprint density at radius 3 is 2.12 bits per heavy atom. The van der Waals surface area contributed by atoms with Crippen molar-refractivity contribution in [1.29, 1.82) is 0 Å². The lowest BCUT2D eigenvalue weighted by atomic mass is 9.85. The largest absolute Gasteiger partial charge is 0.410 e. The first-order valence-corrected chi connectivity index (χ1v) is 8.85. The van der Waals surface area contributed by atoms with Crippen molar-refractivity contribution >= 4 is 22.6 Å². The van der Waals surface area contributed by atoms with Crippen molar-refractivity contribution in [3.8, 4) is 0 Å². The van der Waals surface area contributed by atoms with Crippen LogP contribution < -0.4 is 0 Å². The molecule has 1 atom stereocenters. The Morgan fingerprint density at radius 2 is 1.65 bits per heavy atom. The third-order valence-corrected chi connectivity index (χ3v) is 4.76. The van der Waals surface area contributed by atoms with Crippen LogP contribution in [-0.2, 0) is 11.8 Å². The van der Waals surface area contributed by atoms with E-state index in [1.165, 1.54) is 5.56 Å². The lowest BCUT2D eigenvalue weighted by Crippen LogP contribution is -2.14. The zero-order valence-corrected chi connectivity index (χ0v) is 16.0. The highest BCUT2D eigenvalue weighted by Gasteiger charge is 2.20. The standard InChI is InChI=1S/C21H24ClNO3/c1-21(2,3)17-10-8-15(9-11-17)18(20(22)23-26)12-14-4-6-16(7-5-14)19(25)13-24/h4-11,18,24,26H,12-13H2,1-3H3/b23-20-. The van der Waals surface area contributed by atoms with Gasteiger partial charge in [0.2, 0.25) is 0 Å². The predicted molar refractivity (Wildman–Crippen MR) is 105 cm³/mol. The highest BCUT2D eigenvalue weighted by atomic mass is 35.5. The van der Waals surface area contributed by atoms with Gasteiger partial charge in [0.05, 0.1) is 0 Å². The maximum atomic E-state index is 11.5. The van der Waals surface area contributed by atoms with Gasteiger partial charge in [0.15, 0.2) is 11.0 Å². The number of hydrogen-bond acceptors (Lipinski definition) is 4. The maximum Gasteiger partial charge on any atom is 0.188 e. The van der Waals surface area contributed by atoms with Gasteiger partial charge in [0.1, 0.15) is 6.61 Å². The summed E-state index contributed by atoms with van der Waals surface area (Å²) in [4.78, 5) is 11.5. The Kier molecular flexibility index (Phi) is 6.57. The lowest BCUT2D eigenvalue weighted by Gasteiger charge is -2.21. The summed E-state index contributed by atoms with van der Waals surface area (Å²) in [7, 11) is 0. The molecule has 2 rings (SSSR count). The van der Waals surface area contributed by atoms with E-state index >= 15 is 0 Å². The van der Waals surface area contributed by atoms with Crippen LogP contribution in [0.4, 0.5) is 0 Å². The highest BCUT2D eigenvalue weighted by Crippen LogP contribution is 2.28. The van der Waals surface area contributed by atoms with Crippen LogP contribution in [0.15, 0.2) is 53.7 Å². The lowest BCUT2D eigenvalue weighted by molar-refractivity contribution is 0.0903. The van der Waals surface area contributed by atoms with Crippen molar-refractivity contribution < 1.29 is 15.1 Å². The topological polar surface area (TPSA) is 69.9 Å². The second kappa shape index (κ2) is 8.47. The van der Waals surface area contributed by atoms with Crippen molar-refractivity contribution in [3.05, 3.63) is 70.8 Å². The Balaban J connectivity index is 2.27. The maximum absolute atomic E-state index is 11.5. The van der Waals surface area contributed by atoms with Crippen LogP contribution in [0.5, 0.6) is 0 Å². The average molecular weight is 374 g/mol. The zero-order chi connectivity index (χ0) is 19.3. The van der Waals surface area contributed by atoms with Crippen molar-refractivity contribution in [1.82, 2.24) is 0 Å². The minimum absolute atomic E-state index is 0.0535. The molecule has 0 saturated heterocycles. The molecular formula is C21H24ClNO3. The molecule has 0 radical (unpaired) electrons. The van der Waals surface area contributed by atoms with E-state index in [2.05, 4.69) is 38.1 Å². The van der Waals surface area contributed by atoms with E-state index in [4.69, 9.17) is 21.9 Å². The summed E-state index contributed by atoms with van der Waals surface area (Å²) in [6.07, 6.45) is 0.533. The fraction of sp³-hybridized carbons (Fsp3) is 0.333. The van der Waals surface area contributed by atoms with Crippen LogP contribution in [-0.4, -0.2) is 27.9 Å². The van der Waals surface area contributed by atoms with Gasteiger partial charge in [-0.3, -0.25) is 4.79 Å². The summed E-state index contributed by atoms with van der Waals surface area (Å²) >= 11 is 6.16. The number of rotatable bonds is 6. The van der Waals surface area contributed by atoms with Gasteiger partial charge in [-0.25, -0.2) is 0 Å². The zero-order valence-electron chi connectivity index (χ0n) is 15.2. The van der Waals surface area contributed by atoms with Crippen molar-refractivity contribution in [2.24, 2.45) is 5.16 Å². The third kappa shape index (κ3) is 4.93. The normalized spacial score (nSPS) is 13.5. The van der Waals surface area contributed by atoms with Crippen molar-refractivity contribution in [2.75, 3.05) is 6.61 Å². The Bertz CT molecular complexity index is 774. The summed E-state index contributed by atoms with van der Waals surface area (Å²) in [5, 5.41) is 21.4. The van der Waals surface area contributed by atoms with Gasteiger partial charge < -0.3 is 10.3 Å². The minimum atomic E-state index is -0.509. The fourth-order valence-electron chi connectivity index (χ4n) is 2.78. The molecule has 0 aliphatic heterocycles. The van der Waals surface area contributed by atoms with Gasteiger partial charge in [0.25, 0.3) is 0 Å². The number of oxime groups is 1. The fourth-order valence-corrected chi connectivity index (χ4v) is 2.98. The van der Waals surface area contributed by atoms with Gasteiger partial charge in [-0.15, -0.1) is 0 Å². The molecule has 0 spiro atoms. The number of carbonyl (C=O) groups is 1. The summed E-state index contributed by atoms with van der Waals surface area (Å²) in [6, 6.07) is 15.1. The number of aliphatic hydroxyl groups excluding tert-OH is 1. The van der Waals surface area contributed by atoms with Gasteiger partial charge in [0, 0.05) is 11.5 Å². The van der Waals surface area contributed by atoms with Crippen LogP contribution >= 0.6 is 11.6 Å². The molecule has 2 aromatic carbocycles.